The van der Waals surface area contributed by atoms with Crippen molar-refractivity contribution in [2.75, 3.05) is 5.88 Å². The van der Waals surface area contributed by atoms with Crippen LogP contribution in [-0.4, -0.2) is 11.7 Å². The third kappa shape index (κ3) is 2.94. The van der Waals surface area contributed by atoms with Gasteiger partial charge in [-0.15, -0.1) is 11.6 Å². The summed E-state index contributed by atoms with van der Waals surface area (Å²) in [6, 6.07) is 7.97. The van der Waals surface area contributed by atoms with Crippen LogP contribution in [0.5, 0.6) is 0 Å². The van der Waals surface area contributed by atoms with Gasteiger partial charge in [0.1, 0.15) is 0 Å². The number of carbonyl (C=O) groups excluding carboxylic acids is 1. The fraction of sp³-hybridized carbons (Fsp3) is 0.167. The van der Waals surface area contributed by atoms with Crippen molar-refractivity contribution in [1.29, 1.82) is 0 Å². The Morgan fingerprint density at radius 2 is 2.06 bits per heavy atom. The summed E-state index contributed by atoms with van der Waals surface area (Å²) < 4.78 is 0. The SMILES string of the molecule is O=C(CCl)Cc1ccc2c[nH+]ccc2c1.[Cl-]. The van der Waals surface area contributed by atoms with Gasteiger partial charge in [-0.1, -0.05) is 12.1 Å². The van der Waals surface area contributed by atoms with E-state index in [9.17, 15) is 4.79 Å². The van der Waals surface area contributed by atoms with E-state index in [1.54, 1.807) is 0 Å². The van der Waals surface area contributed by atoms with Crippen molar-refractivity contribution < 1.29 is 22.2 Å². The van der Waals surface area contributed by atoms with Crippen LogP contribution in [0.1, 0.15) is 5.56 Å². The highest BCUT2D eigenvalue weighted by Crippen LogP contribution is 2.14. The fourth-order valence-electron chi connectivity index (χ4n) is 1.56. The Morgan fingerprint density at radius 1 is 1.25 bits per heavy atom. The minimum atomic E-state index is 0. The van der Waals surface area contributed by atoms with Crippen LogP contribution in [0.25, 0.3) is 10.8 Å². The monoisotopic (exact) mass is 255 g/mol. The molecule has 2 nitrogen and oxygen atoms in total. The molecule has 4 heteroatoms. The molecule has 1 aromatic heterocycles. The molecule has 2 aromatic rings. The number of aromatic amines is 1. The molecule has 0 bridgehead atoms. The molecule has 0 amide bonds. The molecule has 0 saturated carbocycles. The number of rotatable bonds is 3. The minimum Gasteiger partial charge on any atom is -1.00 e. The zero-order valence-electron chi connectivity index (χ0n) is 8.54. The Morgan fingerprint density at radius 3 is 2.81 bits per heavy atom. The summed E-state index contributed by atoms with van der Waals surface area (Å²) in [5.74, 6) is 0.138. The first-order chi connectivity index (χ1) is 7.29. The Hall–Kier alpha value is -1.12. The third-order valence-electron chi connectivity index (χ3n) is 2.30. The topological polar surface area (TPSA) is 31.2 Å². The molecular formula is C12H11Cl2NO. The van der Waals surface area contributed by atoms with Crippen LogP contribution < -0.4 is 17.4 Å². The number of benzene rings is 1. The highest BCUT2D eigenvalue weighted by molar-refractivity contribution is 6.27. The summed E-state index contributed by atoms with van der Waals surface area (Å²) >= 11 is 5.47. The highest BCUT2D eigenvalue weighted by atomic mass is 35.5. The van der Waals surface area contributed by atoms with Gasteiger partial charge in [0.2, 0.25) is 0 Å². The summed E-state index contributed by atoms with van der Waals surface area (Å²) in [4.78, 5) is 14.2. The van der Waals surface area contributed by atoms with Gasteiger partial charge in [-0.25, -0.2) is 4.98 Å². The van der Waals surface area contributed by atoms with Crippen molar-refractivity contribution in [3.05, 3.63) is 42.2 Å². The van der Waals surface area contributed by atoms with Crippen molar-refractivity contribution in [3.8, 4) is 0 Å². The molecule has 1 heterocycles. The lowest BCUT2D eigenvalue weighted by molar-refractivity contribution is -0.375. The highest BCUT2D eigenvalue weighted by Gasteiger charge is 2.03. The molecule has 0 spiro atoms. The first-order valence-corrected chi connectivity index (χ1v) is 5.29. The maximum Gasteiger partial charge on any atom is 0.174 e. The molecule has 1 N–H and O–H groups in total. The number of hydrogen-bond donors (Lipinski definition) is 0. The first kappa shape index (κ1) is 12.9. The third-order valence-corrected chi connectivity index (χ3v) is 2.60. The molecule has 16 heavy (non-hydrogen) atoms. The second-order valence-electron chi connectivity index (χ2n) is 3.46. The Balaban J connectivity index is 0.00000128. The van der Waals surface area contributed by atoms with E-state index < -0.39 is 0 Å². The number of aromatic nitrogens is 1. The number of H-pyrrole nitrogens is 1. The van der Waals surface area contributed by atoms with Gasteiger partial charge in [0.05, 0.1) is 5.88 Å². The molecular weight excluding hydrogens is 245 g/mol. The normalized spacial score (nSPS) is 9.81. The number of nitrogens with one attached hydrogen (secondary N) is 1. The molecule has 0 fully saturated rings. The van der Waals surface area contributed by atoms with E-state index in [1.165, 1.54) is 0 Å². The number of ketones is 1. The number of pyridine rings is 1. The van der Waals surface area contributed by atoms with Gasteiger partial charge in [0, 0.05) is 17.9 Å². The molecule has 0 aliphatic heterocycles. The maximum absolute atomic E-state index is 11.2. The molecule has 0 aliphatic rings. The average molecular weight is 256 g/mol. The number of hydrogen-bond acceptors (Lipinski definition) is 1. The van der Waals surface area contributed by atoms with Crippen LogP contribution in [0, 0.1) is 0 Å². The number of Topliss-reactive ketones (excluding diaryl/α,β-unsaturated/α-hetero) is 1. The summed E-state index contributed by atoms with van der Waals surface area (Å²) in [6.07, 6.45) is 4.22. The molecule has 84 valence electrons. The molecule has 0 saturated heterocycles. The number of carbonyl (C=O) groups is 1. The van der Waals surface area contributed by atoms with E-state index in [0.717, 1.165) is 16.3 Å². The number of halogens is 2. The maximum atomic E-state index is 11.2. The lowest BCUT2D eigenvalue weighted by atomic mass is 10.1. The molecule has 0 aliphatic carbocycles. The van der Waals surface area contributed by atoms with E-state index in [1.807, 2.05) is 36.7 Å². The fourth-order valence-corrected chi connectivity index (χ4v) is 1.66. The van der Waals surface area contributed by atoms with Gasteiger partial charge in [-0.2, -0.15) is 0 Å². The van der Waals surface area contributed by atoms with Crippen LogP contribution in [0.4, 0.5) is 0 Å². The molecule has 0 unspecified atom stereocenters. The number of fused-ring (bicyclic) bond motifs is 1. The number of alkyl halides is 1. The van der Waals surface area contributed by atoms with Crippen molar-refractivity contribution in [2.45, 2.75) is 6.42 Å². The molecule has 0 radical (unpaired) electrons. The van der Waals surface area contributed by atoms with E-state index in [2.05, 4.69) is 4.98 Å². The lowest BCUT2D eigenvalue weighted by Crippen LogP contribution is -3.00. The van der Waals surface area contributed by atoms with Crippen molar-refractivity contribution in [1.82, 2.24) is 0 Å². The van der Waals surface area contributed by atoms with Crippen LogP contribution >= 0.6 is 11.6 Å². The van der Waals surface area contributed by atoms with Gasteiger partial charge >= 0.3 is 0 Å². The second kappa shape index (κ2) is 5.83. The van der Waals surface area contributed by atoms with Gasteiger partial charge < -0.3 is 12.4 Å². The molecule has 0 atom stereocenters. The van der Waals surface area contributed by atoms with E-state index in [4.69, 9.17) is 11.6 Å². The van der Waals surface area contributed by atoms with Gasteiger partial charge in [0.25, 0.3) is 0 Å². The van der Waals surface area contributed by atoms with Crippen molar-refractivity contribution >= 4 is 28.2 Å². The molecule has 2 rings (SSSR count). The smallest absolute Gasteiger partial charge is 0.174 e. The summed E-state index contributed by atoms with van der Waals surface area (Å²) in [5.41, 5.74) is 1.01. The zero-order chi connectivity index (χ0) is 10.7. The predicted octanol–water partition coefficient (Wildman–Crippen LogP) is -0.992. The summed E-state index contributed by atoms with van der Waals surface area (Å²) in [6.45, 7) is 0. The summed E-state index contributed by atoms with van der Waals surface area (Å²) in [5, 5.41) is 2.27. The van der Waals surface area contributed by atoms with Gasteiger partial charge in [-0.05, 0) is 17.0 Å². The largest absolute Gasteiger partial charge is 1.00 e. The van der Waals surface area contributed by atoms with Crippen molar-refractivity contribution in [3.63, 3.8) is 0 Å². The van der Waals surface area contributed by atoms with Crippen LogP contribution in [0.2, 0.25) is 0 Å². The van der Waals surface area contributed by atoms with Crippen molar-refractivity contribution in [2.24, 2.45) is 0 Å². The Kier molecular flexibility index (Phi) is 4.71. The first-order valence-electron chi connectivity index (χ1n) is 4.76. The Bertz CT molecular complexity index is 499. The average Bonchev–Trinajstić information content (AvgIpc) is 2.29. The van der Waals surface area contributed by atoms with E-state index >= 15 is 0 Å². The van der Waals surface area contributed by atoms with E-state index in [-0.39, 0.29) is 24.1 Å². The van der Waals surface area contributed by atoms with Crippen LogP contribution in [0.15, 0.2) is 36.7 Å². The summed E-state index contributed by atoms with van der Waals surface area (Å²) in [7, 11) is 0. The standard InChI is InChI=1S/C12H10ClNO.ClH/c13-7-12(15)6-9-1-2-11-8-14-4-3-10(11)5-9;/h1-5,8H,6-7H2;1H. The van der Waals surface area contributed by atoms with E-state index in [0.29, 0.717) is 6.42 Å². The molecule has 1 aromatic carbocycles. The second-order valence-corrected chi connectivity index (χ2v) is 3.72. The van der Waals surface area contributed by atoms with Crippen LogP contribution in [-0.2, 0) is 11.2 Å². The predicted molar refractivity (Wildman–Crippen MR) is 59.9 cm³/mol. The van der Waals surface area contributed by atoms with Gasteiger partial charge in [-0.3, -0.25) is 4.79 Å². The zero-order valence-corrected chi connectivity index (χ0v) is 10.1. The lowest BCUT2D eigenvalue weighted by Gasteiger charge is -1.99. The Labute approximate surface area is 105 Å². The van der Waals surface area contributed by atoms with Gasteiger partial charge in [0.15, 0.2) is 18.2 Å². The van der Waals surface area contributed by atoms with Crippen LogP contribution in [0.3, 0.4) is 0 Å². The quantitative estimate of drug-likeness (QED) is 0.649. The minimum absolute atomic E-state index is 0.